The van der Waals surface area contributed by atoms with Crippen molar-refractivity contribution in [2.75, 3.05) is 5.75 Å². The molecule has 0 saturated carbocycles. The van der Waals surface area contributed by atoms with Crippen LogP contribution in [0.4, 0.5) is 0 Å². The van der Waals surface area contributed by atoms with E-state index in [-0.39, 0.29) is 0 Å². The van der Waals surface area contributed by atoms with E-state index in [0.717, 1.165) is 28.9 Å². The molecule has 0 spiro atoms. The van der Waals surface area contributed by atoms with Gasteiger partial charge in [0, 0.05) is 5.56 Å². The molecule has 0 N–H and O–H groups in total. The van der Waals surface area contributed by atoms with Gasteiger partial charge in [0.15, 0.2) is 5.75 Å². The van der Waals surface area contributed by atoms with Crippen molar-refractivity contribution in [3.63, 3.8) is 0 Å². The van der Waals surface area contributed by atoms with E-state index in [1.54, 1.807) is 0 Å². The zero-order valence-electron chi connectivity index (χ0n) is 10.8. The standard InChI is InChI=1S/C12H18ClO4S/c1-4-5-8-18(17-13(14,15)16)12-7-6-10(2)9-11(12)3/h6-7,9H,4-5,8H2,1-3H3/q+1. The van der Waals surface area contributed by atoms with Crippen LogP contribution in [-0.2, 0) is 14.9 Å². The monoisotopic (exact) mass is 293 g/mol. The van der Waals surface area contributed by atoms with E-state index in [1.807, 2.05) is 39.0 Å². The van der Waals surface area contributed by atoms with Crippen LogP contribution < -0.4 is 14.0 Å². The molecule has 0 aromatic heterocycles. The van der Waals surface area contributed by atoms with Crippen LogP contribution in [0, 0.1) is 24.1 Å². The van der Waals surface area contributed by atoms with Gasteiger partial charge in [-0.15, -0.1) is 0 Å². The Morgan fingerprint density at radius 2 is 1.89 bits per heavy atom. The van der Waals surface area contributed by atoms with Crippen LogP contribution in [-0.4, -0.2) is 5.75 Å². The maximum atomic E-state index is 10.8. The third-order valence-corrected chi connectivity index (χ3v) is 5.25. The van der Waals surface area contributed by atoms with Crippen LogP contribution in [0.1, 0.15) is 30.9 Å². The molecule has 0 saturated heterocycles. The van der Waals surface area contributed by atoms with E-state index < -0.39 is 21.4 Å². The van der Waals surface area contributed by atoms with Gasteiger partial charge >= 0.3 is 11.2 Å². The summed E-state index contributed by atoms with van der Waals surface area (Å²) in [6.45, 7) is 5.86. The number of aryl methyl sites for hydroxylation is 2. The van der Waals surface area contributed by atoms with Crippen LogP contribution in [0.25, 0.3) is 0 Å². The summed E-state index contributed by atoms with van der Waals surface area (Å²) >= 11 is -0.990. The molecule has 0 bridgehead atoms. The lowest BCUT2D eigenvalue weighted by Crippen LogP contribution is -2.61. The van der Waals surface area contributed by atoms with E-state index in [1.165, 1.54) is 0 Å². The van der Waals surface area contributed by atoms with E-state index in [9.17, 15) is 14.0 Å². The quantitative estimate of drug-likeness (QED) is 0.687. The summed E-state index contributed by atoms with van der Waals surface area (Å²) in [4.78, 5) is 0.793. The second-order valence-corrected chi connectivity index (χ2v) is 6.91. The topological polar surface area (TPSA) is 78.4 Å². The largest absolute Gasteiger partial charge is 0.353 e. The first-order chi connectivity index (χ1) is 8.33. The van der Waals surface area contributed by atoms with Gasteiger partial charge in [0.1, 0.15) is 10.2 Å². The number of hydrogen-bond donors (Lipinski definition) is 0. The highest BCUT2D eigenvalue weighted by molar-refractivity contribution is 7.92. The molecule has 0 radical (unpaired) electrons. The second-order valence-electron chi connectivity index (χ2n) is 4.11. The molecule has 1 unspecified atom stereocenters. The highest BCUT2D eigenvalue weighted by Crippen LogP contribution is 2.24. The summed E-state index contributed by atoms with van der Waals surface area (Å²) in [6, 6.07) is 5.69. The van der Waals surface area contributed by atoms with Gasteiger partial charge < -0.3 is 0 Å². The minimum Gasteiger partial charge on any atom is -0.178 e. The summed E-state index contributed by atoms with van der Waals surface area (Å²) in [6.07, 6.45) is 1.75. The fraction of sp³-hybridized carbons (Fsp3) is 0.500. The third kappa shape index (κ3) is 5.14. The minimum atomic E-state index is -4.39. The molecule has 0 aliphatic heterocycles. The molecule has 0 aliphatic rings. The predicted molar refractivity (Wildman–Crippen MR) is 62.4 cm³/mol. The Labute approximate surface area is 113 Å². The third-order valence-electron chi connectivity index (χ3n) is 2.41. The first-order valence-electron chi connectivity index (χ1n) is 5.72. The summed E-state index contributed by atoms with van der Waals surface area (Å²) in [5.41, 5.74) is 2.05. The number of hydrogen-bond acceptors (Lipinski definition) is 4. The van der Waals surface area contributed by atoms with Crippen molar-refractivity contribution in [3.05, 3.63) is 29.3 Å². The molecule has 1 aromatic rings. The van der Waals surface area contributed by atoms with Gasteiger partial charge in [-0.1, -0.05) is 31.0 Å². The molecular weight excluding hydrogens is 276 g/mol. The van der Waals surface area contributed by atoms with Gasteiger partial charge in [0.2, 0.25) is 4.90 Å². The molecule has 1 atom stereocenters. The number of halogens is 1. The molecule has 1 aromatic carbocycles. The molecule has 0 fully saturated rings. The number of benzene rings is 1. The van der Waals surface area contributed by atoms with E-state index in [2.05, 4.69) is 3.74 Å². The molecule has 4 nitrogen and oxygen atoms in total. The molecule has 0 heterocycles. The smallest absolute Gasteiger partial charge is 0.178 e. The second kappa shape index (κ2) is 6.75. The average Bonchev–Trinajstić information content (AvgIpc) is 2.23. The summed E-state index contributed by atoms with van der Waals surface area (Å²) < 4.78 is 36.9. The lowest BCUT2D eigenvalue weighted by molar-refractivity contribution is -1.91. The van der Waals surface area contributed by atoms with Crippen molar-refractivity contribution < 1.29 is 28.0 Å². The van der Waals surface area contributed by atoms with Gasteiger partial charge in [-0.05, 0) is 26.3 Å². The molecule has 18 heavy (non-hydrogen) atoms. The van der Waals surface area contributed by atoms with Gasteiger partial charge in [0.05, 0.1) is 0 Å². The van der Waals surface area contributed by atoms with Crippen molar-refractivity contribution in [1.82, 2.24) is 0 Å². The van der Waals surface area contributed by atoms with Gasteiger partial charge in [-0.25, -0.2) is 0 Å². The van der Waals surface area contributed by atoms with Crippen LogP contribution in [0.15, 0.2) is 23.1 Å². The van der Waals surface area contributed by atoms with Crippen molar-refractivity contribution in [1.29, 1.82) is 0 Å². The summed E-state index contributed by atoms with van der Waals surface area (Å²) in [5, 5.41) is 0. The van der Waals surface area contributed by atoms with Crippen molar-refractivity contribution in [2.24, 2.45) is 0 Å². The van der Waals surface area contributed by atoms with Crippen LogP contribution in [0.3, 0.4) is 0 Å². The van der Waals surface area contributed by atoms with Crippen molar-refractivity contribution >= 4 is 11.2 Å². The zero-order valence-corrected chi connectivity index (χ0v) is 12.3. The first-order valence-corrected chi connectivity index (χ1v) is 8.28. The Kier molecular flexibility index (Phi) is 5.91. The SMILES string of the molecule is CCCC[S+](O[Cl+3]([O-])([O-])[O-])c1ccc(C)cc1C. The minimum absolute atomic E-state index is 0.550. The highest BCUT2D eigenvalue weighted by Gasteiger charge is 2.42. The highest BCUT2D eigenvalue weighted by atomic mass is 35.7. The van der Waals surface area contributed by atoms with Crippen molar-refractivity contribution in [3.8, 4) is 0 Å². The molecule has 0 amide bonds. The fourth-order valence-corrected chi connectivity index (χ4v) is 4.28. The molecular formula is C12H18ClO4S+. The van der Waals surface area contributed by atoms with Crippen LogP contribution in [0.5, 0.6) is 0 Å². The summed E-state index contributed by atoms with van der Waals surface area (Å²) in [5.74, 6) is 0.550. The normalized spacial score (nSPS) is 13.7. The number of rotatable bonds is 6. The van der Waals surface area contributed by atoms with Crippen LogP contribution >= 0.6 is 0 Å². The Bertz CT molecular complexity index is 392. The van der Waals surface area contributed by atoms with Crippen molar-refractivity contribution in [2.45, 2.75) is 38.5 Å². The van der Waals surface area contributed by atoms with E-state index in [0.29, 0.717) is 5.75 Å². The van der Waals surface area contributed by atoms with Crippen LogP contribution in [0.2, 0.25) is 0 Å². The predicted octanol–water partition coefficient (Wildman–Crippen LogP) is -0.0904. The molecule has 102 valence electrons. The maximum absolute atomic E-state index is 10.8. The molecule has 0 aliphatic carbocycles. The maximum Gasteiger partial charge on any atom is 0.353 e. The Morgan fingerprint density at radius 1 is 1.22 bits per heavy atom. The van der Waals surface area contributed by atoms with E-state index >= 15 is 0 Å². The lowest BCUT2D eigenvalue weighted by atomic mass is 10.2. The average molecular weight is 294 g/mol. The summed E-state index contributed by atoms with van der Waals surface area (Å²) in [7, 11) is -4.39. The zero-order chi connectivity index (χ0) is 13.8. The van der Waals surface area contributed by atoms with Gasteiger partial charge in [-0.3, -0.25) is 0 Å². The first kappa shape index (κ1) is 15.8. The van der Waals surface area contributed by atoms with Gasteiger partial charge in [0.25, 0.3) is 3.74 Å². The lowest BCUT2D eigenvalue weighted by Gasteiger charge is -2.11. The Morgan fingerprint density at radius 3 is 2.39 bits per heavy atom. The fourth-order valence-electron chi connectivity index (χ4n) is 1.60. The number of unbranched alkanes of at least 4 members (excludes halogenated alkanes) is 1. The Balaban J connectivity index is 2.93. The molecule has 6 heteroatoms. The Hall–Kier alpha value is -0.300. The molecule has 1 rings (SSSR count). The van der Waals surface area contributed by atoms with Gasteiger partial charge in [-0.2, -0.15) is 14.0 Å². The van der Waals surface area contributed by atoms with E-state index in [4.69, 9.17) is 0 Å².